The van der Waals surface area contributed by atoms with E-state index < -0.39 is 5.97 Å². The predicted molar refractivity (Wildman–Crippen MR) is 87.2 cm³/mol. The van der Waals surface area contributed by atoms with Crippen molar-refractivity contribution in [2.45, 2.75) is 13.0 Å². The molecule has 0 radical (unpaired) electrons. The molecule has 22 heavy (non-hydrogen) atoms. The van der Waals surface area contributed by atoms with Crippen molar-refractivity contribution in [2.75, 3.05) is 11.4 Å². The summed E-state index contributed by atoms with van der Waals surface area (Å²) in [6.07, 6.45) is 0.0738. The van der Waals surface area contributed by atoms with E-state index >= 15 is 0 Å². The molecule has 0 saturated carbocycles. The summed E-state index contributed by atoms with van der Waals surface area (Å²) in [5.41, 5.74) is 2.81. The fourth-order valence-electron chi connectivity index (χ4n) is 2.41. The fourth-order valence-corrected chi connectivity index (χ4v) is 3.00. The molecule has 2 aromatic carbocycles. The summed E-state index contributed by atoms with van der Waals surface area (Å²) in [4.78, 5) is 12.8. The lowest BCUT2D eigenvalue weighted by Crippen LogP contribution is -2.25. The highest BCUT2D eigenvalue weighted by atomic mass is 32.1. The molecule has 0 saturated heterocycles. The lowest BCUT2D eigenvalue weighted by molar-refractivity contribution is -0.136. The topological polar surface area (TPSA) is 66.3 Å². The highest BCUT2D eigenvalue weighted by Crippen LogP contribution is 2.24. The number of carbonyl (C=O) groups is 1. The number of anilines is 1. The van der Waals surface area contributed by atoms with E-state index in [4.69, 9.17) is 5.11 Å². The fraction of sp³-hybridized carbons (Fsp3) is 0.188. The maximum absolute atomic E-state index is 10.9. The number of nitrogens with zero attached hydrogens (tertiary/aromatic N) is 3. The second kappa shape index (κ2) is 6.53. The highest BCUT2D eigenvalue weighted by molar-refractivity contribution is 7.13. The SMILES string of the molecule is O=C(O)CCN(Cc1cccc2ccccc12)c1nncs1. The Bertz CT molecular complexity index is 769. The van der Waals surface area contributed by atoms with Crippen LogP contribution in [0.25, 0.3) is 10.8 Å². The molecule has 0 aliphatic rings. The van der Waals surface area contributed by atoms with Crippen molar-refractivity contribution in [1.82, 2.24) is 10.2 Å². The third-order valence-electron chi connectivity index (χ3n) is 3.46. The van der Waals surface area contributed by atoms with E-state index in [1.807, 2.05) is 23.1 Å². The van der Waals surface area contributed by atoms with Gasteiger partial charge in [-0.3, -0.25) is 4.79 Å². The molecule has 3 aromatic rings. The molecule has 1 heterocycles. The van der Waals surface area contributed by atoms with Crippen molar-refractivity contribution in [3.63, 3.8) is 0 Å². The molecule has 112 valence electrons. The summed E-state index contributed by atoms with van der Waals surface area (Å²) < 4.78 is 0. The Balaban J connectivity index is 1.90. The lowest BCUT2D eigenvalue weighted by Gasteiger charge is -2.21. The van der Waals surface area contributed by atoms with Gasteiger partial charge in [-0.15, -0.1) is 10.2 Å². The van der Waals surface area contributed by atoms with Crippen LogP contribution in [0, 0.1) is 0 Å². The van der Waals surface area contributed by atoms with Crippen LogP contribution < -0.4 is 4.90 Å². The third-order valence-corrected chi connectivity index (χ3v) is 4.21. The van der Waals surface area contributed by atoms with Crippen LogP contribution in [-0.4, -0.2) is 27.8 Å². The van der Waals surface area contributed by atoms with Crippen LogP contribution in [0.2, 0.25) is 0 Å². The Kier molecular flexibility index (Phi) is 4.29. The van der Waals surface area contributed by atoms with Crippen molar-refractivity contribution in [3.8, 4) is 0 Å². The van der Waals surface area contributed by atoms with Crippen LogP contribution in [0.1, 0.15) is 12.0 Å². The van der Waals surface area contributed by atoms with E-state index in [1.54, 1.807) is 5.51 Å². The lowest BCUT2D eigenvalue weighted by atomic mass is 10.0. The molecule has 0 unspecified atom stereocenters. The minimum absolute atomic E-state index is 0.0738. The minimum atomic E-state index is -0.813. The van der Waals surface area contributed by atoms with Crippen LogP contribution in [-0.2, 0) is 11.3 Å². The van der Waals surface area contributed by atoms with E-state index in [1.165, 1.54) is 22.1 Å². The van der Waals surface area contributed by atoms with Gasteiger partial charge in [0.15, 0.2) is 0 Å². The number of carboxylic acids is 1. The minimum Gasteiger partial charge on any atom is -0.481 e. The molecule has 0 aliphatic carbocycles. The molecular weight excluding hydrogens is 298 g/mol. The Hall–Kier alpha value is -2.47. The first-order valence-corrected chi connectivity index (χ1v) is 7.81. The Morgan fingerprint density at radius 2 is 2.00 bits per heavy atom. The van der Waals surface area contributed by atoms with Crippen molar-refractivity contribution in [1.29, 1.82) is 0 Å². The second-order valence-corrected chi connectivity index (χ2v) is 5.74. The predicted octanol–water partition coefficient (Wildman–Crippen LogP) is 3.17. The van der Waals surface area contributed by atoms with Gasteiger partial charge >= 0.3 is 5.97 Å². The van der Waals surface area contributed by atoms with E-state index in [0.717, 1.165) is 10.7 Å². The number of aliphatic carboxylic acids is 1. The molecule has 0 atom stereocenters. The maximum atomic E-state index is 10.9. The zero-order chi connectivity index (χ0) is 15.4. The van der Waals surface area contributed by atoms with Crippen molar-refractivity contribution < 1.29 is 9.90 Å². The number of fused-ring (bicyclic) bond motifs is 1. The third kappa shape index (κ3) is 3.23. The Morgan fingerprint density at radius 3 is 2.77 bits per heavy atom. The summed E-state index contributed by atoms with van der Waals surface area (Å²) in [5, 5.41) is 20.0. The van der Waals surface area contributed by atoms with Crippen molar-refractivity contribution in [3.05, 3.63) is 53.5 Å². The molecule has 0 bridgehead atoms. The summed E-state index contributed by atoms with van der Waals surface area (Å²) in [6.45, 7) is 1.03. The molecule has 0 spiro atoms. The average Bonchev–Trinajstić information content (AvgIpc) is 3.05. The number of hydrogen-bond donors (Lipinski definition) is 1. The number of hydrogen-bond acceptors (Lipinski definition) is 5. The Labute approximate surface area is 131 Å². The van der Waals surface area contributed by atoms with Gasteiger partial charge in [-0.25, -0.2) is 0 Å². The van der Waals surface area contributed by atoms with Gasteiger partial charge in [0.05, 0.1) is 6.42 Å². The van der Waals surface area contributed by atoms with E-state index in [0.29, 0.717) is 13.1 Å². The van der Waals surface area contributed by atoms with Crippen LogP contribution in [0.15, 0.2) is 48.0 Å². The normalized spacial score (nSPS) is 10.7. The monoisotopic (exact) mass is 313 g/mol. The van der Waals surface area contributed by atoms with Gasteiger partial charge in [0, 0.05) is 13.1 Å². The number of benzene rings is 2. The molecular formula is C16H15N3O2S. The molecule has 6 heteroatoms. The Morgan fingerprint density at radius 1 is 1.18 bits per heavy atom. The summed E-state index contributed by atoms with van der Waals surface area (Å²) in [7, 11) is 0. The van der Waals surface area contributed by atoms with Crippen LogP contribution in [0.5, 0.6) is 0 Å². The number of rotatable bonds is 6. The second-order valence-electron chi connectivity index (χ2n) is 4.92. The van der Waals surface area contributed by atoms with Crippen molar-refractivity contribution >= 4 is 33.2 Å². The summed E-state index contributed by atoms with van der Waals surface area (Å²) >= 11 is 1.42. The maximum Gasteiger partial charge on any atom is 0.305 e. The van der Waals surface area contributed by atoms with Gasteiger partial charge in [-0.1, -0.05) is 53.8 Å². The van der Waals surface area contributed by atoms with Gasteiger partial charge in [0.25, 0.3) is 0 Å². The van der Waals surface area contributed by atoms with Crippen LogP contribution in [0.4, 0.5) is 5.13 Å². The number of aromatic nitrogens is 2. The first kappa shape index (κ1) is 14.5. The first-order chi connectivity index (χ1) is 10.7. The van der Waals surface area contributed by atoms with Gasteiger partial charge in [-0.2, -0.15) is 0 Å². The van der Waals surface area contributed by atoms with E-state index in [2.05, 4.69) is 34.5 Å². The molecule has 0 aliphatic heterocycles. The first-order valence-electron chi connectivity index (χ1n) is 6.93. The van der Waals surface area contributed by atoms with Crippen molar-refractivity contribution in [2.24, 2.45) is 0 Å². The molecule has 3 rings (SSSR count). The molecule has 5 nitrogen and oxygen atoms in total. The zero-order valence-corrected chi connectivity index (χ0v) is 12.7. The summed E-state index contributed by atoms with van der Waals surface area (Å²) in [5.74, 6) is -0.813. The molecule has 1 N–H and O–H groups in total. The van der Waals surface area contributed by atoms with E-state index in [9.17, 15) is 4.79 Å². The van der Waals surface area contributed by atoms with Gasteiger partial charge in [0.1, 0.15) is 5.51 Å². The van der Waals surface area contributed by atoms with Crippen LogP contribution >= 0.6 is 11.3 Å². The average molecular weight is 313 g/mol. The summed E-state index contributed by atoms with van der Waals surface area (Å²) in [6, 6.07) is 14.3. The van der Waals surface area contributed by atoms with Gasteiger partial charge in [-0.05, 0) is 16.3 Å². The molecule has 0 amide bonds. The standard InChI is InChI=1S/C16H15N3O2S/c20-15(21)8-9-19(16-18-17-11-22-16)10-13-6-3-5-12-4-1-2-7-14(12)13/h1-7,11H,8-10H2,(H,20,21). The molecule has 1 aromatic heterocycles. The zero-order valence-electron chi connectivity index (χ0n) is 11.8. The van der Waals surface area contributed by atoms with E-state index in [-0.39, 0.29) is 6.42 Å². The van der Waals surface area contributed by atoms with Gasteiger partial charge < -0.3 is 10.0 Å². The van der Waals surface area contributed by atoms with Crippen LogP contribution in [0.3, 0.4) is 0 Å². The highest BCUT2D eigenvalue weighted by Gasteiger charge is 2.13. The smallest absolute Gasteiger partial charge is 0.305 e. The quantitative estimate of drug-likeness (QED) is 0.757. The number of carboxylic acid groups (broad SMARTS) is 1. The molecule has 0 fully saturated rings. The largest absolute Gasteiger partial charge is 0.481 e. The van der Waals surface area contributed by atoms with Gasteiger partial charge in [0.2, 0.25) is 5.13 Å².